The second kappa shape index (κ2) is 13.0. The Kier molecular flexibility index (Phi) is 12.4. The van der Waals surface area contributed by atoms with Crippen molar-refractivity contribution in [1.29, 1.82) is 0 Å². The molecule has 1 aliphatic rings. The normalized spacial score (nSPS) is 15.9. The molecule has 6 nitrogen and oxygen atoms in total. The molecule has 2 amide bonds. The average molecular weight is 433 g/mol. The third-order valence-corrected chi connectivity index (χ3v) is 5.18. The molecule has 0 unspecified atom stereocenters. The topological polar surface area (TPSA) is 78.7 Å². The third-order valence-electron chi connectivity index (χ3n) is 5.18. The number of amides is 2. The SMILES string of the molecule is CC(C)[C@H](N)C(=O)NCC(=O)N(C)C1CCN(Cc2ccccc2)CC1.Cl.Cl. The maximum absolute atomic E-state index is 12.4. The number of hydrogen-bond acceptors (Lipinski definition) is 4. The van der Waals surface area contributed by atoms with Gasteiger partial charge in [0.05, 0.1) is 12.6 Å². The predicted molar refractivity (Wildman–Crippen MR) is 118 cm³/mol. The van der Waals surface area contributed by atoms with Crippen LogP contribution in [0.2, 0.25) is 0 Å². The minimum absolute atomic E-state index is 0. The van der Waals surface area contributed by atoms with Gasteiger partial charge in [0, 0.05) is 32.7 Å². The first kappa shape index (κ1) is 26.7. The van der Waals surface area contributed by atoms with Crippen LogP contribution in [0, 0.1) is 5.92 Å². The molecule has 160 valence electrons. The summed E-state index contributed by atoms with van der Waals surface area (Å²) in [6.07, 6.45) is 1.91. The monoisotopic (exact) mass is 432 g/mol. The zero-order chi connectivity index (χ0) is 19.1. The Balaban J connectivity index is 0.00000364. The lowest BCUT2D eigenvalue weighted by Crippen LogP contribution is -2.50. The summed E-state index contributed by atoms with van der Waals surface area (Å²) >= 11 is 0. The van der Waals surface area contributed by atoms with E-state index in [1.807, 2.05) is 27.0 Å². The first-order valence-corrected chi connectivity index (χ1v) is 9.43. The van der Waals surface area contributed by atoms with Crippen molar-refractivity contribution < 1.29 is 9.59 Å². The highest BCUT2D eigenvalue weighted by Gasteiger charge is 2.26. The molecule has 3 N–H and O–H groups in total. The van der Waals surface area contributed by atoms with Gasteiger partial charge in [0.25, 0.3) is 0 Å². The fourth-order valence-corrected chi connectivity index (χ4v) is 3.22. The van der Waals surface area contributed by atoms with Crippen LogP contribution in [0.3, 0.4) is 0 Å². The maximum Gasteiger partial charge on any atom is 0.241 e. The van der Waals surface area contributed by atoms with Gasteiger partial charge in [0.15, 0.2) is 0 Å². The van der Waals surface area contributed by atoms with Gasteiger partial charge >= 0.3 is 0 Å². The van der Waals surface area contributed by atoms with Crippen LogP contribution in [0.5, 0.6) is 0 Å². The highest BCUT2D eigenvalue weighted by Crippen LogP contribution is 2.17. The molecule has 8 heteroatoms. The number of nitrogens with two attached hydrogens (primary N) is 1. The number of rotatable bonds is 7. The van der Waals surface area contributed by atoms with Gasteiger partial charge in [-0.3, -0.25) is 14.5 Å². The lowest BCUT2D eigenvalue weighted by Gasteiger charge is -2.37. The van der Waals surface area contributed by atoms with E-state index in [1.54, 1.807) is 4.90 Å². The van der Waals surface area contributed by atoms with Crippen molar-refractivity contribution in [2.75, 3.05) is 26.7 Å². The molecule has 1 fully saturated rings. The zero-order valence-corrected chi connectivity index (χ0v) is 18.6. The summed E-state index contributed by atoms with van der Waals surface area (Å²) in [5.41, 5.74) is 7.12. The molecular formula is C20H34Cl2N4O2. The molecule has 1 saturated heterocycles. The van der Waals surface area contributed by atoms with E-state index in [1.165, 1.54) is 5.56 Å². The van der Waals surface area contributed by atoms with Gasteiger partial charge in [0.2, 0.25) is 11.8 Å². The molecule has 1 aliphatic heterocycles. The molecule has 1 atom stereocenters. The number of benzene rings is 1. The number of likely N-dealkylation sites (N-methyl/N-ethyl adjacent to an activating group) is 1. The number of carbonyl (C=O) groups is 2. The van der Waals surface area contributed by atoms with Crippen molar-refractivity contribution in [1.82, 2.24) is 15.1 Å². The Morgan fingerprint density at radius 3 is 2.29 bits per heavy atom. The Hall–Kier alpha value is -1.34. The summed E-state index contributed by atoms with van der Waals surface area (Å²) in [4.78, 5) is 28.5. The summed E-state index contributed by atoms with van der Waals surface area (Å²) in [7, 11) is 1.83. The van der Waals surface area contributed by atoms with E-state index >= 15 is 0 Å². The summed E-state index contributed by atoms with van der Waals surface area (Å²) in [5.74, 6) is -0.271. The number of carbonyl (C=O) groups excluding carboxylic acids is 2. The maximum atomic E-state index is 12.4. The van der Waals surface area contributed by atoms with Crippen LogP contribution >= 0.6 is 24.8 Å². The largest absolute Gasteiger partial charge is 0.346 e. The van der Waals surface area contributed by atoms with E-state index in [0.717, 1.165) is 32.5 Å². The van der Waals surface area contributed by atoms with Gasteiger partial charge in [-0.05, 0) is 24.3 Å². The molecule has 28 heavy (non-hydrogen) atoms. The van der Waals surface area contributed by atoms with Crippen LogP contribution in [0.15, 0.2) is 30.3 Å². The number of nitrogens with zero attached hydrogens (tertiary/aromatic N) is 2. The molecule has 0 aromatic heterocycles. The van der Waals surface area contributed by atoms with Crippen molar-refractivity contribution in [2.45, 2.75) is 45.3 Å². The van der Waals surface area contributed by atoms with Crippen molar-refractivity contribution in [3.05, 3.63) is 35.9 Å². The molecule has 0 saturated carbocycles. The highest BCUT2D eigenvalue weighted by molar-refractivity contribution is 5.87. The van der Waals surface area contributed by atoms with Gasteiger partial charge in [-0.15, -0.1) is 24.8 Å². The first-order chi connectivity index (χ1) is 12.4. The molecular weight excluding hydrogens is 399 g/mol. The molecule has 1 heterocycles. The summed E-state index contributed by atoms with van der Waals surface area (Å²) in [5, 5.41) is 2.66. The summed E-state index contributed by atoms with van der Waals surface area (Å²) in [6.45, 7) is 6.70. The molecule has 1 aromatic rings. The molecule has 0 bridgehead atoms. The molecule has 1 aromatic carbocycles. The van der Waals surface area contributed by atoms with Gasteiger partial charge in [0.1, 0.15) is 0 Å². The summed E-state index contributed by atoms with van der Waals surface area (Å²) < 4.78 is 0. The van der Waals surface area contributed by atoms with Crippen molar-refractivity contribution >= 4 is 36.6 Å². The zero-order valence-electron chi connectivity index (χ0n) is 17.0. The van der Waals surface area contributed by atoms with Crippen LogP contribution < -0.4 is 11.1 Å². The minimum atomic E-state index is -0.575. The van der Waals surface area contributed by atoms with Crippen molar-refractivity contribution in [2.24, 2.45) is 11.7 Å². The lowest BCUT2D eigenvalue weighted by atomic mass is 10.0. The van der Waals surface area contributed by atoms with Crippen LogP contribution in [-0.2, 0) is 16.1 Å². The molecule has 2 rings (SSSR count). The Morgan fingerprint density at radius 1 is 1.18 bits per heavy atom. The van der Waals surface area contributed by atoms with Gasteiger partial charge < -0.3 is 16.0 Å². The second-order valence-corrected chi connectivity index (χ2v) is 7.49. The van der Waals surface area contributed by atoms with Crippen molar-refractivity contribution in [3.63, 3.8) is 0 Å². The fourth-order valence-electron chi connectivity index (χ4n) is 3.22. The number of likely N-dealkylation sites (tertiary alicyclic amines) is 1. The minimum Gasteiger partial charge on any atom is -0.346 e. The van der Waals surface area contributed by atoms with E-state index in [2.05, 4.69) is 34.5 Å². The van der Waals surface area contributed by atoms with E-state index in [0.29, 0.717) is 0 Å². The predicted octanol–water partition coefficient (Wildman–Crippen LogP) is 2.05. The van der Waals surface area contributed by atoms with Crippen LogP contribution in [0.1, 0.15) is 32.3 Å². The number of piperidine rings is 1. The van der Waals surface area contributed by atoms with E-state index < -0.39 is 6.04 Å². The molecule has 0 spiro atoms. The third kappa shape index (κ3) is 7.95. The molecule has 0 radical (unpaired) electrons. The van der Waals surface area contributed by atoms with Crippen LogP contribution in [0.25, 0.3) is 0 Å². The number of hydrogen-bond donors (Lipinski definition) is 2. The highest BCUT2D eigenvalue weighted by atomic mass is 35.5. The molecule has 0 aliphatic carbocycles. The quantitative estimate of drug-likeness (QED) is 0.690. The summed E-state index contributed by atoms with van der Waals surface area (Å²) in [6, 6.07) is 10.1. The Morgan fingerprint density at radius 2 is 1.75 bits per heavy atom. The average Bonchev–Trinajstić information content (AvgIpc) is 2.66. The number of halogens is 2. The van der Waals surface area contributed by atoms with Crippen LogP contribution in [0.4, 0.5) is 0 Å². The van der Waals surface area contributed by atoms with Gasteiger partial charge in [-0.1, -0.05) is 44.2 Å². The number of nitrogens with one attached hydrogen (secondary N) is 1. The standard InChI is InChI=1S/C20H32N4O2.2ClH/c1-15(2)19(21)20(26)22-13-18(25)23(3)17-9-11-24(12-10-17)14-16-7-5-4-6-8-16;;/h4-8,15,17,19H,9-14,21H2,1-3H3,(H,22,26);2*1H/t19-;;/m0../s1. The Bertz CT molecular complexity index is 593. The van der Waals surface area contributed by atoms with E-state index in [4.69, 9.17) is 5.73 Å². The first-order valence-electron chi connectivity index (χ1n) is 9.43. The smallest absolute Gasteiger partial charge is 0.241 e. The van der Waals surface area contributed by atoms with Crippen LogP contribution in [-0.4, -0.2) is 60.4 Å². The van der Waals surface area contributed by atoms with Gasteiger partial charge in [-0.2, -0.15) is 0 Å². The fraction of sp³-hybridized carbons (Fsp3) is 0.600. The Labute approximate surface area is 181 Å². The van der Waals surface area contributed by atoms with Gasteiger partial charge in [-0.25, -0.2) is 0 Å². The van der Waals surface area contributed by atoms with Crippen molar-refractivity contribution in [3.8, 4) is 0 Å². The van der Waals surface area contributed by atoms with E-state index in [9.17, 15) is 9.59 Å². The lowest BCUT2D eigenvalue weighted by molar-refractivity contribution is -0.134. The van der Waals surface area contributed by atoms with E-state index in [-0.39, 0.29) is 55.1 Å². The second-order valence-electron chi connectivity index (χ2n) is 7.49.